The zero-order valence-electron chi connectivity index (χ0n) is 16.2. The summed E-state index contributed by atoms with van der Waals surface area (Å²) in [5.41, 5.74) is 4.60. The van der Waals surface area contributed by atoms with Crippen molar-refractivity contribution in [1.29, 1.82) is 0 Å². The maximum Gasteiger partial charge on any atom is 0.254 e. The van der Waals surface area contributed by atoms with E-state index >= 15 is 0 Å². The minimum Gasteiger partial charge on any atom is -0.391 e. The van der Waals surface area contributed by atoms with E-state index in [-0.39, 0.29) is 11.8 Å². The third-order valence-electron chi connectivity index (χ3n) is 5.44. The molecule has 2 heterocycles. The van der Waals surface area contributed by atoms with Crippen LogP contribution in [0.25, 0.3) is 5.69 Å². The Hall–Kier alpha value is -2.92. The van der Waals surface area contributed by atoms with Gasteiger partial charge in [0.25, 0.3) is 5.91 Å². The van der Waals surface area contributed by atoms with E-state index in [0.29, 0.717) is 18.7 Å². The summed E-state index contributed by atoms with van der Waals surface area (Å²) in [6, 6.07) is 19.6. The molecule has 3 aromatic rings. The number of likely N-dealkylation sites (tertiary alicyclic amines) is 1. The number of hydrogen-bond donors (Lipinski definition) is 1. The molecule has 0 spiro atoms. The molecule has 5 heteroatoms. The summed E-state index contributed by atoms with van der Waals surface area (Å²) in [5, 5.41) is 15.2. The molecular weight excluding hydrogens is 350 g/mol. The summed E-state index contributed by atoms with van der Waals surface area (Å²) in [7, 11) is 0. The Morgan fingerprint density at radius 1 is 1.07 bits per heavy atom. The minimum absolute atomic E-state index is 0.0473. The number of aromatic nitrogens is 2. The van der Waals surface area contributed by atoms with Crippen molar-refractivity contribution in [3.05, 3.63) is 83.2 Å². The molecule has 0 radical (unpaired) electrons. The van der Waals surface area contributed by atoms with Crippen LogP contribution in [0.3, 0.4) is 0 Å². The number of nitrogens with zero attached hydrogens (tertiary/aromatic N) is 3. The highest BCUT2D eigenvalue weighted by atomic mass is 16.3. The Morgan fingerprint density at radius 3 is 2.54 bits per heavy atom. The maximum absolute atomic E-state index is 13.0. The number of carbonyl (C=O) groups is 1. The molecule has 144 valence electrons. The number of β-amino-alcohol motifs (C(OH)–C–C–N with tert-alkyl or cyclic N) is 1. The minimum atomic E-state index is -0.556. The first-order chi connectivity index (χ1) is 13.5. The van der Waals surface area contributed by atoms with Gasteiger partial charge in [-0.2, -0.15) is 5.10 Å². The first-order valence-corrected chi connectivity index (χ1v) is 9.69. The summed E-state index contributed by atoms with van der Waals surface area (Å²) in [6.45, 7) is 4.94. The molecule has 1 N–H and O–H groups in total. The normalized spacial score (nSPS) is 19.6. The van der Waals surface area contributed by atoms with E-state index in [0.717, 1.165) is 29.1 Å². The fourth-order valence-corrected chi connectivity index (χ4v) is 4.05. The molecule has 0 bridgehead atoms. The number of aryl methyl sites for hydroxylation is 2. The summed E-state index contributed by atoms with van der Waals surface area (Å²) < 4.78 is 1.85. The number of piperidine rings is 1. The van der Waals surface area contributed by atoms with Gasteiger partial charge in [0.2, 0.25) is 0 Å². The zero-order valence-corrected chi connectivity index (χ0v) is 16.2. The Labute approximate surface area is 165 Å². The van der Waals surface area contributed by atoms with Gasteiger partial charge in [-0.15, -0.1) is 0 Å². The van der Waals surface area contributed by atoms with Crippen LogP contribution < -0.4 is 0 Å². The van der Waals surface area contributed by atoms with Gasteiger partial charge in [-0.1, -0.05) is 36.4 Å². The van der Waals surface area contributed by atoms with E-state index in [2.05, 4.69) is 5.10 Å². The number of rotatable bonds is 3. The molecule has 1 aliphatic heterocycles. The molecule has 1 amide bonds. The maximum atomic E-state index is 13.0. The molecule has 2 aromatic carbocycles. The van der Waals surface area contributed by atoms with Gasteiger partial charge in [-0.3, -0.25) is 4.79 Å². The zero-order chi connectivity index (χ0) is 19.7. The fraction of sp³-hybridized carbons (Fsp3) is 0.304. The lowest BCUT2D eigenvalue weighted by Gasteiger charge is -2.36. The summed E-state index contributed by atoms with van der Waals surface area (Å²) in [4.78, 5) is 14.8. The van der Waals surface area contributed by atoms with Gasteiger partial charge >= 0.3 is 0 Å². The van der Waals surface area contributed by atoms with Crippen molar-refractivity contribution in [1.82, 2.24) is 14.7 Å². The van der Waals surface area contributed by atoms with Gasteiger partial charge < -0.3 is 10.0 Å². The van der Waals surface area contributed by atoms with Crippen LogP contribution in [0.1, 0.15) is 39.6 Å². The van der Waals surface area contributed by atoms with Crippen molar-refractivity contribution in [2.24, 2.45) is 0 Å². The standard InChI is InChI=1S/C23H25N3O2/c1-16-13-17(2)26(24-16)20-10-6-9-19(14-20)23(28)25-12-11-21(22(27)15-25)18-7-4-3-5-8-18/h3-10,13-14,21-22,27H,11-12,15H2,1-2H3/t21-,22-/m1/s1. The summed E-state index contributed by atoms with van der Waals surface area (Å²) in [5.74, 6) is 0.0280. The monoisotopic (exact) mass is 375 g/mol. The third kappa shape index (κ3) is 3.58. The number of hydrogen-bond acceptors (Lipinski definition) is 3. The molecule has 5 nitrogen and oxygen atoms in total. The molecule has 0 saturated carbocycles. The summed E-state index contributed by atoms with van der Waals surface area (Å²) in [6.07, 6.45) is 0.202. The largest absolute Gasteiger partial charge is 0.391 e. The highest BCUT2D eigenvalue weighted by molar-refractivity contribution is 5.94. The molecule has 0 aliphatic carbocycles. The SMILES string of the molecule is Cc1cc(C)n(-c2cccc(C(=O)N3CC[C@H](c4ccccc4)[C@H](O)C3)c2)n1. The van der Waals surface area contributed by atoms with Crippen molar-refractivity contribution >= 4 is 5.91 Å². The first kappa shape index (κ1) is 18.4. The number of benzene rings is 2. The van der Waals surface area contributed by atoms with Crippen LogP contribution in [-0.2, 0) is 0 Å². The molecule has 1 aliphatic rings. The first-order valence-electron chi connectivity index (χ1n) is 9.69. The van der Waals surface area contributed by atoms with Gasteiger partial charge in [0.05, 0.1) is 17.5 Å². The number of aliphatic hydroxyl groups is 1. The second-order valence-electron chi connectivity index (χ2n) is 7.51. The second kappa shape index (κ2) is 7.60. The van der Waals surface area contributed by atoms with Crippen LogP contribution in [-0.4, -0.2) is 44.9 Å². The van der Waals surface area contributed by atoms with E-state index < -0.39 is 6.10 Å². The molecule has 0 unspecified atom stereocenters. The Kier molecular flexibility index (Phi) is 5.01. The van der Waals surface area contributed by atoms with Crippen LogP contribution in [0.15, 0.2) is 60.7 Å². The van der Waals surface area contributed by atoms with E-state index in [1.807, 2.05) is 79.2 Å². The van der Waals surface area contributed by atoms with Crippen molar-refractivity contribution in [2.75, 3.05) is 13.1 Å². The number of amides is 1. The third-order valence-corrected chi connectivity index (χ3v) is 5.44. The molecule has 1 aromatic heterocycles. The van der Waals surface area contributed by atoms with Crippen LogP contribution in [0.5, 0.6) is 0 Å². The molecule has 1 fully saturated rings. The van der Waals surface area contributed by atoms with Crippen LogP contribution in [0.2, 0.25) is 0 Å². The number of carbonyl (C=O) groups excluding carboxylic acids is 1. The van der Waals surface area contributed by atoms with Gasteiger partial charge in [0, 0.05) is 30.3 Å². The van der Waals surface area contributed by atoms with Crippen LogP contribution in [0.4, 0.5) is 0 Å². The van der Waals surface area contributed by atoms with Crippen molar-refractivity contribution in [2.45, 2.75) is 32.3 Å². The van der Waals surface area contributed by atoms with Crippen LogP contribution in [0, 0.1) is 13.8 Å². The lowest BCUT2D eigenvalue weighted by atomic mass is 9.87. The van der Waals surface area contributed by atoms with E-state index in [1.165, 1.54) is 0 Å². The van der Waals surface area contributed by atoms with Crippen molar-refractivity contribution in [3.63, 3.8) is 0 Å². The van der Waals surface area contributed by atoms with Gasteiger partial charge in [0.1, 0.15) is 0 Å². The highest BCUT2D eigenvalue weighted by Crippen LogP contribution is 2.29. The number of aliphatic hydroxyl groups excluding tert-OH is 1. The summed E-state index contributed by atoms with van der Waals surface area (Å²) >= 11 is 0. The van der Waals surface area contributed by atoms with Gasteiger partial charge in [-0.25, -0.2) is 4.68 Å². The smallest absolute Gasteiger partial charge is 0.254 e. The Bertz CT molecular complexity index is 981. The van der Waals surface area contributed by atoms with Gasteiger partial charge in [-0.05, 0) is 50.1 Å². The molecule has 28 heavy (non-hydrogen) atoms. The van der Waals surface area contributed by atoms with E-state index in [1.54, 1.807) is 4.90 Å². The Morgan fingerprint density at radius 2 is 1.86 bits per heavy atom. The van der Waals surface area contributed by atoms with Crippen molar-refractivity contribution in [3.8, 4) is 5.69 Å². The Balaban J connectivity index is 1.51. The predicted molar refractivity (Wildman–Crippen MR) is 109 cm³/mol. The van der Waals surface area contributed by atoms with Crippen LogP contribution >= 0.6 is 0 Å². The predicted octanol–water partition coefficient (Wildman–Crippen LogP) is 3.48. The average Bonchev–Trinajstić information content (AvgIpc) is 3.06. The van der Waals surface area contributed by atoms with Gasteiger partial charge in [0.15, 0.2) is 0 Å². The highest BCUT2D eigenvalue weighted by Gasteiger charge is 2.31. The lowest BCUT2D eigenvalue weighted by molar-refractivity contribution is 0.0382. The quantitative estimate of drug-likeness (QED) is 0.762. The molecule has 1 saturated heterocycles. The fourth-order valence-electron chi connectivity index (χ4n) is 4.05. The topological polar surface area (TPSA) is 58.4 Å². The molecular formula is C23H25N3O2. The van der Waals surface area contributed by atoms with Crippen molar-refractivity contribution < 1.29 is 9.90 Å². The van der Waals surface area contributed by atoms with E-state index in [9.17, 15) is 9.90 Å². The molecule has 4 rings (SSSR count). The average molecular weight is 375 g/mol. The molecule has 2 atom stereocenters. The van der Waals surface area contributed by atoms with E-state index in [4.69, 9.17) is 0 Å². The lowest BCUT2D eigenvalue weighted by Crippen LogP contribution is -2.45. The second-order valence-corrected chi connectivity index (χ2v) is 7.51.